The fourth-order valence-electron chi connectivity index (χ4n) is 3.34. The van der Waals surface area contributed by atoms with Gasteiger partial charge in [-0.15, -0.1) is 0 Å². The maximum atomic E-state index is 12.7. The summed E-state index contributed by atoms with van der Waals surface area (Å²) in [7, 11) is 1.51. The van der Waals surface area contributed by atoms with Crippen LogP contribution in [-0.2, 0) is 9.59 Å². The zero-order chi connectivity index (χ0) is 20.0. The Morgan fingerprint density at radius 3 is 2.41 bits per heavy atom. The molecule has 7 heteroatoms. The number of carbonyl (C=O) groups is 3. The van der Waals surface area contributed by atoms with Crippen molar-refractivity contribution in [2.24, 2.45) is 17.1 Å². The van der Waals surface area contributed by atoms with Crippen LogP contribution in [0.5, 0.6) is 5.75 Å². The summed E-state index contributed by atoms with van der Waals surface area (Å²) in [5.41, 5.74) is 4.79. The average Bonchev–Trinajstić information content (AvgIpc) is 2.57. The van der Waals surface area contributed by atoms with Gasteiger partial charge in [-0.3, -0.25) is 14.4 Å². The van der Waals surface area contributed by atoms with Crippen molar-refractivity contribution in [3.8, 4) is 5.75 Å². The Morgan fingerprint density at radius 1 is 1.22 bits per heavy atom. The van der Waals surface area contributed by atoms with Crippen LogP contribution in [0.4, 0.5) is 0 Å². The van der Waals surface area contributed by atoms with E-state index in [1.807, 2.05) is 13.8 Å². The second-order valence-electron chi connectivity index (χ2n) is 7.51. The lowest BCUT2D eigenvalue weighted by Crippen LogP contribution is -2.57. The van der Waals surface area contributed by atoms with Gasteiger partial charge in [-0.05, 0) is 37.3 Å². The van der Waals surface area contributed by atoms with Crippen molar-refractivity contribution in [1.82, 2.24) is 10.6 Å². The molecule has 7 nitrogen and oxygen atoms in total. The minimum absolute atomic E-state index is 0.260. The molecule has 1 aliphatic carbocycles. The van der Waals surface area contributed by atoms with Gasteiger partial charge >= 0.3 is 0 Å². The molecule has 1 aromatic rings. The summed E-state index contributed by atoms with van der Waals surface area (Å²) in [5, 5.41) is 5.77. The van der Waals surface area contributed by atoms with Gasteiger partial charge in [0, 0.05) is 12.6 Å². The number of hydrogen-bond donors (Lipinski definition) is 3. The van der Waals surface area contributed by atoms with Crippen molar-refractivity contribution in [3.05, 3.63) is 29.8 Å². The maximum absolute atomic E-state index is 12.7. The molecule has 1 aromatic carbocycles. The molecule has 0 saturated heterocycles. The van der Waals surface area contributed by atoms with E-state index in [0.717, 1.165) is 6.42 Å². The van der Waals surface area contributed by atoms with Gasteiger partial charge in [0.25, 0.3) is 5.91 Å². The molecule has 0 radical (unpaired) electrons. The topological polar surface area (TPSA) is 111 Å². The fourth-order valence-corrected chi connectivity index (χ4v) is 3.34. The Balaban J connectivity index is 2.03. The van der Waals surface area contributed by atoms with Crippen LogP contribution in [0.15, 0.2) is 24.3 Å². The van der Waals surface area contributed by atoms with E-state index in [-0.39, 0.29) is 24.4 Å². The lowest BCUT2D eigenvalue weighted by molar-refractivity contribution is -0.148. The first kappa shape index (κ1) is 20.7. The first-order valence-corrected chi connectivity index (χ1v) is 9.32. The van der Waals surface area contributed by atoms with Gasteiger partial charge in [-0.25, -0.2) is 0 Å². The summed E-state index contributed by atoms with van der Waals surface area (Å²) in [6.45, 7) is 4.33. The van der Waals surface area contributed by atoms with Gasteiger partial charge in [0.05, 0.1) is 12.7 Å². The highest BCUT2D eigenvalue weighted by atomic mass is 16.5. The van der Waals surface area contributed by atoms with E-state index in [2.05, 4.69) is 10.6 Å². The second kappa shape index (κ2) is 8.88. The van der Waals surface area contributed by atoms with E-state index >= 15 is 0 Å². The van der Waals surface area contributed by atoms with Crippen LogP contribution in [0, 0.1) is 11.3 Å². The number of amides is 3. The molecule has 27 heavy (non-hydrogen) atoms. The number of ether oxygens (including phenoxy) is 1. The Morgan fingerprint density at radius 2 is 1.89 bits per heavy atom. The van der Waals surface area contributed by atoms with Gasteiger partial charge in [-0.1, -0.05) is 32.4 Å². The minimum atomic E-state index is -1.10. The molecule has 0 aromatic heterocycles. The Kier molecular flexibility index (Phi) is 6.82. The normalized spacial score (nSPS) is 16.1. The van der Waals surface area contributed by atoms with Gasteiger partial charge in [0.1, 0.15) is 11.2 Å². The summed E-state index contributed by atoms with van der Waals surface area (Å²) < 4.78 is 5.21. The van der Waals surface area contributed by atoms with Crippen molar-refractivity contribution in [2.75, 3.05) is 13.7 Å². The van der Waals surface area contributed by atoms with Crippen molar-refractivity contribution in [1.29, 1.82) is 0 Å². The van der Waals surface area contributed by atoms with Crippen LogP contribution < -0.4 is 21.1 Å². The van der Waals surface area contributed by atoms with E-state index in [1.54, 1.807) is 24.3 Å². The fraction of sp³-hybridized carbons (Fsp3) is 0.550. The highest BCUT2D eigenvalue weighted by molar-refractivity contribution is 6.05. The van der Waals surface area contributed by atoms with Crippen LogP contribution in [0.25, 0.3) is 0 Å². The zero-order valence-corrected chi connectivity index (χ0v) is 16.2. The molecule has 2 rings (SSSR count). The van der Waals surface area contributed by atoms with E-state index in [4.69, 9.17) is 10.5 Å². The standard InChI is InChI=1S/C20H29N3O4/c1-13(2)11-14(23-19(26)20(18(21)25)9-6-10-20)12-22-17(24)15-7-4-5-8-16(15)27-3/h4-5,7-8,13-14H,6,9-12H2,1-3H3,(H2,21,25)(H,22,24)(H,23,26). The number of nitrogens with two attached hydrogens (primary N) is 1. The van der Waals surface area contributed by atoms with Gasteiger partial charge in [0.2, 0.25) is 11.8 Å². The number of benzene rings is 1. The molecule has 0 heterocycles. The van der Waals surface area contributed by atoms with E-state index in [1.165, 1.54) is 7.11 Å². The highest BCUT2D eigenvalue weighted by Gasteiger charge is 2.49. The summed E-state index contributed by atoms with van der Waals surface area (Å²) in [6, 6.07) is 6.67. The molecule has 3 amide bonds. The Labute approximate surface area is 160 Å². The summed E-state index contributed by atoms with van der Waals surface area (Å²) in [6.07, 6.45) is 2.45. The molecular weight excluding hydrogens is 346 g/mol. The van der Waals surface area contributed by atoms with Crippen molar-refractivity contribution < 1.29 is 19.1 Å². The smallest absolute Gasteiger partial charge is 0.255 e. The molecule has 1 fully saturated rings. The maximum Gasteiger partial charge on any atom is 0.255 e. The third-order valence-corrected chi connectivity index (χ3v) is 5.07. The average molecular weight is 375 g/mol. The summed E-state index contributed by atoms with van der Waals surface area (Å²) in [4.78, 5) is 36.9. The first-order valence-electron chi connectivity index (χ1n) is 9.32. The van der Waals surface area contributed by atoms with Crippen LogP contribution >= 0.6 is 0 Å². The van der Waals surface area contributed by atoms with Gasteiger partial charge in [-0.2, -0.15) is 0 Å². The number of rotatable bonds is 9. The molecule has 1 aliphatic rings. The largest absolute Gasteiger partial charge is 0.496 e. The van der Waals surface area contributed by atoms with Crippen molar-refractivity contribution in [2.45, 2.75) is 45.6 Å². The molecular formula is C20H29N3O4. The predicted octanol–water partition coefficient (Wildman–Crippen LogP) is 1.61. The molecule has 0 spiro atoms. The number of methoxy groups -OCH3 is 1. The Bertz CT molecular complexity index is 698. The molecule has 0 bridgehead atoms. The van der Waals surface area contributed by atoms with Gasteiger partial charge < -0.3 is 21.1 Å². The molecule has 1 unspecified atom stereocenters. The summed E-state index contributed by atoms with van der Waals surface area (Å²) in [5.74, 6) is -0.388. The van der Waals surface area contributed by atoms with Crippen LogP contribution in [0.2, 0.25) is 0 Å². The number of hydrogen-bond acceptors (Lipinski definition) is 4. The molecule has 1 saturated carbocycles. The van der Waals surface area contributed by atoms with Crippen LogP contribution in [0.1, 0.15) is 49.9 Å². The van der Waals surface area contributed by atoms with Gasteiger partial charge in [0.15, 0.2) is 0 Å². The van der Waals surface area contributed by atoms with Crippen LogP contribution in [-0.4, -0.2) is 37.4 Å². The number of primary amides is 1. The predicted molar refractivity (Wildman–Crippen MR) is 102 cm³/mol. The monoisotopic (exact) mass is 375 g/mol. The van der Waals surface area contributed by atoms with Crippen LogP contribution in [0.3, 0.4) is 0 Å². The third kappa shape index (κ3) is 4.78. The van der Waals surface area contributed by atoms with E-state index in [9.17, 15) is 14.4 Å². The van der Waals surface area contributed by atoms with Crippen molar-refractivity contribution in [3.63, 3.8) is 0 Å². The molecule has 0 aliphatic heterocycles. The first-order chi connectivity index (χ1) is 12.8. The molecule has 148 valence electrons. The SMILES string of the molecule is COc1ccccc1C(=O)NCC(CC(C)C)NC(=O)C1(C(N)=O)CCC1. The lowest BCUT2D eigenvalue weighted by Gasteiger charge is -2.38. The molecule has 1 atom stereocenters. The quantitative estimate of drug-likeness (QED) is 0.570. The second-order valence-corrected chi connectivity index (χ2v) is 7.51. The van der Waals surface area contributed by atoms with E-state index in [0.29, 0.717) is 36.5 Å². The summed E-state index contributed by atoms with van der Waals surface area (Å²) >= 11 is 0. The number of carbonyl (C=O) groups excluding carboxylic acids is 3. The van der Waals surface area contributed by atoms with E-state index < -0.39 is 11.3 Å². The zero-order valence-electron chi connectivity index (χ0n) is 16.2. The lowest BCUT2D eigenvalue weighted by atomic mass is 9.67. The third-order valence-electron chi connectivity index (χ3n) is 5.07. The highest BCUT2D eigenvalue weighted by Crippen LogP contribution is 2.41. The van der Waals surface area contributed by atoms with Crippen molar-refractivity contribution >= 4 is 17.7 Å². The minimum Gasteiger partial charge on any atom is -0.496 e. The number of para-hydroxylation sites is 1. The molecule has 4 N–H and O–H groups in total. The number of nitrogens with one attached hydrogen (secondary N) is 2. The Hall–Kier alpha value is -2.57.